The van der Waals surface area contributed by atoms with E-state index in [2.05, 4.69) is 53.2 Å². The first kappa shape index (κ1) is 11.2. The highest BCUT2D eigenvalue weighted by Crippen LogP contribution is 2.24. The van der Waals surface area contributed by atoms with E-state index in [1.165, 1.54) is 15.8 Å². The van der Waals surface area contributed by atoms with Crippen molar-refractivity contribution >= 4 is 27.3 Å². The molecule has 1 unspecified atom stereocenters. The maximum absolute atomic E-state index is 3.55. The lowest BCUT2D eigenvalue weighted by molar-refractivity contribution is 0.245. The van der Waals surface area contributed by atoms with Gasteiger partial charge in [0.25, 0.3) is 0 Å². The van der Waals surface area contributed by atoms with Gasteiger partial charge in [-0.05, 0) is 47.8 Å². The molecule has 0 aliphatic carbocycles. The zero-order valence-electron chi connectivity index (χ0n) is 8.38. The highest BCUT2D eigenvalue weighted by Gasteiger charge is 2.09. The number of hydrogen-bond acceptors (Lipinski definition) is 2. The Morgan fingerprint density at radius 2 is 2.31 bits per heavy atom. The van der Waals surface area contributed by atoms with Crippen LogP contribution in [0, 0.1) is 0 Å². The molecule has 1 atom stereocenters. The summed E-state index contributed by atoms with van der Waals surface area (Å²) < 4.78 is 1.24. The molecule has 0 aliphatic heterocycles. The third-order valence-electron chi connectivity index (χ3n) is 2.43. The van der Waals surface area contributed by atoms with E-state index in [1.54, 1.807) is 0 Å². The van der Waals surface area contributed by atoms with Crippen LogP contribution in [0.15, 0.2) is 15.9 Å². The molecule has 0 N–H and O–H groups in total. The van der Waals surface area contributed by atoms with E-state index < -0.39 is 0 Å². The fourth-order valence-electron chi connectivity index (χ4n) is 1.13. The molecule has 0 radical (unpaired) electrons. The van der Waals surface area contributed by atoms with Crippen LogP contribution in [0.3, 0.4) is 0 Å². The fraction of sp³-hybridized carbons (Fsp3) is 0.600. The highest BCUT2D eigenvalue weighted by molar-refractivity contribution is 9.10. The van der Waals surface area contributed by atoms with Crippen molar-refractivity contribution in [2.45, 2.75) is 32.9 Å². The Labute approximate surface area is 92.9 Å². The Morgan fingerprint density at radius 1 is 1.62 bits per heavy atom. The van der Waals surface area contributed by atoms with Gasteiger partial charge in [0.15, 0.2) is 0 Å². The van der Waals surface area contributed by atoms with E-state index in [-0.39, 0.29) is 0 Å². The summed E-state index contributed by atoms with van der Waals surface area (Å²) in [6.07, 6.45) is 1.21. The Bertz CT molecular complexity index is 259. The minimum absolute atomic E-state index is 0.661. The van der Waals surface area contributed by atoms with Crippen molar-refractivity contribution in [2.75, 3.05) is 7.05 Å². The number of hydrogen-bond donors (Lipinski definition) is 0. The first-order valence-electron chi connectivity index (χ1n) is 4.57. The van der Waals surface area contributed by atoms with Crippen LogP contribution in [0.1, 0.15) is 25.1 Å². The standard InChI is InChI=1S/C10H16BrNS/c1-4-8(2)12(3)7-10-9(11)5-6-13-10/h5-6,8H,4,7H2,1-3H3. The normalized spacial score (nSPS) is 13.6. The maximum atomic E-state index is 3.55. The molecule has 0 saturated heterocycles. The zero-order chi connectivity index (χ0) is 9.84. The maximum Gasteiger partial charge on any atom is 0.0339 e. The molecular weight excluding hydrogens is 246 g/mol. The minimum atomic E-state index is 0.661. The van der Waals surface area contributed by atoms with Gasteiger partial charge in [-0.3, -0.25) is 4.90 Å². The molecule has 1 aromatic heterocycles. The van der Waals surface area contributed by atoms with Crippen LogP contribution in [0.2, 0.25) is 0 Å². The lowest BCUT2D eigenvalue weighted by Crippen LogP contribution is -2.27. The second kappa shape index (κ2) is 5.13. The van der Waals surface area contributed by atoms with Crippen LogP contribution in [0.4, 0.5) is 0 Å². The SMILES string of the molecule is CCC(C)N(C)Cc1sccc1Br. The van der Waals surface area contributed by atoms with Gasteiger partial charge < -0.3 is 0 Å². The Hall–Kier alpha value is 0.140. The van der Waals surface area contributed by atoms with Gasteiger partial charge in [-0.15, -0.1) is 11.3 Å². The largest absolute Gasteiger partial charge is 0.299 e. The molecule has 0 fully saturated rings. The average molecular weight is 262 g/mol. The molecule has 3 heteroatoms. The Balaban J connectivity index is 2.54. The van der Waals surface area contributed by atoms with Crippen molar-refractivity contribution in [3.05, 3.63) is 20.8 Å². The molecule has 13 heavy (non-hydrogen) atoms. The van der Waals surface area contributed by atoms with Gasteiger partial charge in [0, 0.05) is 21.9 Å². The van der Waals surface area contributed by atoms with Crippen LogP contribution in [-0.2, 0) is 6.54 Å². The van der Waals surface area contributed by atoms with E-state index >= 15 is 0 Å². The predicted octanol–water partition coefficient (Wildman–Crippen LogP) is 3.74. The summed E-state index contributed by atoms with van der Waals surface area (Å²) >= 11 is 5.37. The van der Waals surface area contributed by atoms with Crippen molar-refractivity contribution in [3.63, 3.8) is 0 Å². The van der Waals surface area contributed by atoms with E-state index in [9.17, 15) is 0 Å². The third-order valence-corrected chi connectivity index (χ3v) is 4.34. The molecule has 1 nitrogen and oxygen atoms in total. The lowest BCUT2D eigenvalue weighted by Gasteiger charge is -2.22. The van der Waals surface area contributed by atoms with Crippen LogP contribution in [-0.4, -0.2) is 18.0 Å². The number of nitrogens with zero attached hydrogens (tertiary/aromatic N) is 1. The molecular formula is C10H16BrNS. The second-order valence-corrected chi connectivity index (χ2v) is 5.22. The van der Waals surface area contributed by atoms with Crippen LogP contribution in [0.25, 0.3) is 0 Å². The number of rotatable bonds is 4. The van der Waals surface area contributed by atoms with Crippen molar-refractivity contribution in [1.82, 2.24) is 4.90 Å². The van der Waals surface area contributed by atoms with Crippen molar-refractivity contribution in [3.8, 4) is 0 Å². The smallest absolute Gasteiger partial charge is 0.0339 e. The van der Waals surface area contributed by atoms with E-state index in [4.69, 9.17) is 0 Å². The van der Waals surface area contributed by atoms with Crippen molar-refractivity contribution in [2.24, 2.45) is 0 Å². The van der Waals surface area contributed by atoms with E-state index in [1.807, 2.05) is 11.3 Å². The van der Waals surface area contributed by atoms with Crippen LogP contribution in [0.5, 0.6) is 0 Å². The zero-order valence-corrected chi connectivity index (χ0v) is 10.8. The monoisotopic (exact) mass is 261 g/mol. The van der Waals surface area contributed by atoms with Gasteiger partial charge >= 0.3 is 0 Å². The topological polar surface area (TPSA) is 3.24 Å². The fourth-order valence-corrected chi connectivity index (χ4v) is 2.67. The number of thiophene rings is 1. The molecule has 1 heterocycles. The van der Waals surface area contributed by atoms with Crippen LogP contribution < -0.4 is 0 Å². The van der Waals surface area contributed by atoms with Gasteiger partial charge in [-0.1, -0.05) is 6.92 Å². The number of halogens is 1. The summed E-state index contributed by atoms with van der Waals surface area (Å²) in [5.41, 5.74) is 0. The van der Waals surface area contributed by atoms with E-state index in [0.717, 1.165) is 6.54 Å². The molecule has 0 bridgehead atoms. The van der Waals surface area contributed by atoms with Crippen molar-refractivity contribution < 1.29 is 0 Å². The average Bonchev–Trinajstić information content (AvgIpc) is 2.50. The van der Waals surface area contributed by atoms with Gasteiger partial charge in [-0.25, -0.2) is 0 Å². The van der Waals surface area contributed by atoms with Crippen LogP contribution >= 0.6 is 27.3 Å². The molecule has 0 spiro atoms. The quantitative estimate of drug-likeness (QED) is 0.799. The Morgan fingerprint density at radius 3 is 2.77 bits per heavy atom. The summed E-state index contributed by atoms with van der Waals surface area (Å²) in [5, 5.41) is 2.13. The van der Waals surface area contributed by atoms with Crippen molar-refractivity contribution in [1.29, 1.82) is 0 Å². The Kier molecular flexibility index (Phi) is 4.42. The molecule has 1 rings (SSSR count). The molecule has 74 valence electrons. The lowest BCUT2D eigenvalue weighted by atomic mass is 10.2. The van der Waals surface area contributed by atoms with Gasteiger partial charge in [0.1, 0.15) is 0 Å². The molecule has 0 saturated carbocycles. The highest BCUT2D eigenvalue weighted by atomic mass is 79.9. The first-order valence-corrected chi connectivity index (χ1v) is 6.24. The summed E-state index contributed by atoms with van der Waals surface area (Å²) in [6, 6.07) is 2.78. The van der Waals surface area contributed by atoms with Gasteiger partial charge in [0.05, 0.1) is 0 Å². The summed E-state index contributed by atoms with van der Waals surface area (Å²) in [5.74, 6) is 0. The van der Waals surface area contributed by atoms with Gasteiger partial charge in [-0.2, -0.15) is 0 Å². The molecule has 0 aliphatic rings. The summed E-state index contributed by atoms with van der Waals surface area (Å²) in [4.78, 5) is 3.80. The second-order valence-electron chi connectivity index (χ2n) is 3.36. The first-order chi connectivity index (χ1) is 6.15. The molecule has 0 aromatic carbocycles. The molecule has 0 amide bonds. The predicted molar refractivity (Wildman–Crippen MR) is 63.2 cm³/mol. The summed E-state index contributed by atoms with van der Waals surface area (Å²) in [6.45, 7) is 5.54. The molecule has 1 aromatic rings. The van der Waals surface area contributed by atoms with Gasteiger partial charge in [0.2, 0.25) is 0 Å². The third kappa shape index (κ3) is 3.08. The van der Waals surface area contributed by atoms with E-state index in [0.29, 0.717) is 6.04 Å². The summed E-state index contributed by atoms with van der Waals surface area (Å²) in [7, 11) is 2.18. The minimum Gasteiger partial charge on any atom is -0.299 e.